The summed E-state index contributed by atoms with van der Waals surface area (Å²) in [5.74, 6) is -0.0143. The van der Waals surface area contributed by atoms with E-state index in [1.807, 2.05) is 6.92 Å². The van der Waals surface area contributed by atoms with Crippen LogP contribution in [0, 0.1) is 0 Å². The number of aromatic nitrogens is 3. The van der Waals surface area contributed by atoms with Gasteiger partial charge in [0.1, 0.15) is 17.8 Å². The summed E-state index contributed by atoms with van der Waals surface area (Å²) in [5.41, 5.74) is 3.74. The molecule has 0 radical (unpaired) electrons. The maximum Gasteiger partial charge on any atom is 0.254 e. The number of nitrogens with zero attached hydrogens (tertiary/aromatic N) is 4. The quantitative estimate of drug-likeness (QED) is 0.442. The Bertz CT molecular complexity index is 1410. The number of anilines is 1. The lowest BCUT2D eigenvalue weighted by molar-refractivity contribution is 0.0787. The van der Waals surface area contributed by atoms with E-state index in [-0.39, 0.29) is 17.9 Å². The van der Waals surface area contributed by atoms with Crippen LogP contribution in [0.15, 0.2) is 66.5 Å². The lowest BCUT2D eigenvalue weighted by Crippen LogP contribution is -2.25. The smallest absolute Gasteiger partial charge is 0.254 e. The molecule has 1 aliphatic heterocycles. The van der Waals surface area contributed by atoms with E-state index in [1.54, 1.807) is 54.7 Å². The molecule has 0 saturated carbocycles. The molecule has 0 aromatic carbocycles. The Labute approximate surface area is 212 Å². The lowest BCUT2D eigenvalue weighted by atomic mass is 9.88. The first-order chi connectivity index (χ1) is 17.4. The molecule has 184 valence electrons. The Morgan fingerprint density at radius 2 is 2.00 bits per heavy atom. The highest BCUT2D eigenvalue weighted by Crippen LogP contribution is 2.37. The zero-order chi connectivity index (χ0) is 25.4. The van der Waals surface area contributed by atoms with Crippen LogP contribution in [0.5, 0.6) is 0 Å². The van der Waals surface area contributed by atoms with Gasteiger partial charge in [0.15, 0.2) is 0 Å². The number of nitrogens with one attached hydrogen (secondary N) is 1. The van der Waals surface area contributed by atoms with Crippen LogP contribution in [-0.4, -0.2) is 44.5 Å². The van der Waals surface area contributed by atoms with E-state index in [0.717, 1.165) is 5.56 Å². The molecule has 1 N–H and O–H groups in total. The maximum absolute atomic E-state index is 15.4. The Morgan fingerprint density at radius 3 is 2.78 bits per heavy atom. The highest BCUT2D eigenvalue weighted by molar-refractivity contribution is 6.30. The van der Waals surface area contributed by atoms with Crippen LogP contribution in [0.4, 0.5) is 14.6 Å². The fraction of sp³-hybridized carbons (Fsp3) is 0.259. The molecule has 0 fully saturated rings. The van der Waals surface area contributed by atoms with E-state index in [2.05, 4.69) is 20.3 Å². The highest BCUT2D eigenvalue weighted by Gasteiger charge is 2.31. The maximum atomic E-state index is 15.4. The molecular weight excluding hydrogens is 484 g/mol. The fourth-order valence-corrected chi connectivity index (χ4v) is 4.82. The molecule has 1 amide bonds. The molecule has 2 atom stereocenters. The Hall–Kier alpha value is -3.65. The molecule has 1 unspecified atom stereocenters. The first-order valence-corrected chi connectivity index (χ1v) is 12.1. The molecule has 0 bridgehead atoms. The zero-order valence-corrected chi connectivity index (χ0v) is 20.6. The van der Waals surface area contributed by atoms with Crippen LogP contribution in [-0.2, 0) is 6.54 Å². The summed E-state index contributed by atoms with van der Waals surface area (Å²) in [4.78, 5) is 27.0. The summed E-state index contributed by atoms with van der Waals surface area (Å²) < 4.78 is 30.7. The lowest BCUT2D eigenvalue weighted by Gasteiger charge is -2.26. The van der Waals surface area contributed by atoms with Crippen LogP contribution in [0.3, 0.4) is 0 Å². The van der Waals surface area contributed by atoms with Crippen LogP contribution in [0.1, 0.15) is 41.8 Å². The molecule has 9 heteroatoms. The third-order valence-electron chi connectivity index (χ3n) is 6.60. The van der Waals surface area contributed by atoms with E-state index in [9.17, 15) is 4.79 Å². The number of fused-ring (bicyclic) bond motifs is 1. The van der Waals surface area contributed by atoms with E-state index < -0.39 is 18.0 Å². The number of halogens is 3. The van der Waals surface area contributed by atoms with Gasteiger partial charge in [-0.3, -0.25) is 14.8 Å². The van der Waals surface area contributed by atoms with Gasteiger partial charge < -0.3 is 10.2 Å². The second kappa shape index (κ2) is 9.78. The summed E-state index contributed by atoms with van der Waals surface area (Å²) in [6.07, 6.45) is 6.01. The Balaban J connectivity index is 1.41. The third-order valence-corrected chi connectivity index (χ3v) is 6.81. The van der Waals surface area contributed by atoms with Gasteiger partial charge >= 0.3 is 0 Å². The molecule has 0 spiro atoms. The van der Waals surface area contributed by atoms with Crippen molar-refractivity contribution in [3.05, 3.63) is 88.2 Å². The summed E-state index contributed by atoms with van der Waals surface area (Å²) in [6.45, 7) is 4.71. The van der Waals surface area contributed by atoms with Crippen LogP contribution in [0.2, 0.25) is 5.02 Å². The van der Waals surface area contributed by atoms with Crippen LogP contribution in [0.25, 0.3) is 16.8 Å². The normalized spacial score (nSPS) is 18.2. The van der Waals surface area contributed by atoms with Gasteiger partial charge in [0, 0.05) is 60.5 Å². The number of pyridine rings is 3. The van der Waals surface area contributed by atoms with Gasteiger partial charge in [-0.15, -0.1) is 0 Å². The van der Waals surface area contributed by atoms with Crippen LogP contribution < -0.4 is 5.32 Å². The predicted molar refractivity (Wildman–Crippen MR) is 136 cm³/mol. The third kappa shape index (κ3) is 4.48. The molecule has 1 aliphatic carbocycles. The molecule has 4 heterocycles. The van der Waals surface area contributed by atoms with Gasteiger partial charge in [0.2, 0.25) is 0 Å². The van der Waals surface area contributed by atoms with Crippen molar-refractivity contribution in [2.45, 2.75) is 39.0 Å². The molecule has 6 nitrogen and oxygen atoms in total. The van der Waals surface area contributed by atoms with Crippen molar-refractivity contribution in [1.82, 2.24) is 19.9 Å². The summed E-state index contributed by atoms with van der Waals surface area (Å²) >= 11 is 6.04. The van der Waals surface area contributed by atoms with Crippen molar-refractivity contribution in [2.75, 3.05) is 11.9 Å². The van der Waals surface area contributed by atoms with E-state index in [1.165, 1.54) is 12.3 Å². The Morgan fingerprint density at radius 1 is 1.19 bits per heavy atom. The van der Waals surface area contributed by atoms with Gasteiger partial charge in [-0.2, -0.15) is 0 Å². The van der Waals surface area contributed by atoms with Crippen molar-refractivity contribution >= 4 is 28.9 Å². The second-order valence-corrected chi connectivity index (χ2v) is 9.27. The number of alkyl halides is 1. The van der Waals surface area contributed by atoms with E-state index >= 15 is 8.78 Å². The number of hydrogen-bond donors (Lipinski definition) is 1. The van der Waals surface area contributed by atoms with E-state index in [0.29, 0.717) is 51.9 Å². The van der Waals surface area contributed by atoms with Gasteiger partial charge in [-0.25, -0.2) is 13.8 Å². The van der Waals surface area contributed by atoms with Gasteiger partial charge in [-0.05, 0) is 60.9 Å². The molecular formula is C27H24ClF2N5O. The largest absolute Gasteiger partial charge is 0.363 e. The summed E-state index contributed by atoms with van der Waals surface area (Å²) in [5, 5.41) is 3.67. The molecule has 3 aromatic rings. The fourth-order valence-electron chi connectivity index (χ4n) is 4.65. The first kappa shape index (κ1) is 24.1. The monoisotopic (exact) mass is 507 g/mol. The number of amides is 1. The molecule has 2 aliphatic rings. The minimum atomic E-state index is -1.40. The SMILES string of the molecule is CCN1Cc2c(ccnc2N[C@@H](C)C2=C(F)C=C(c3ccnc(-c4cncc(Cl)c4)c3)C(F)C2)C1=O. The van der Waals surface area contributed by atoms with Crippen molar-refractivity contribution in [2.24, 2.45) is 0 Å². The van der Waals surface area contributed by atoms with Crippen molar-refractivity contribution in [1.29, 1.82) is 0 Å². The average Bonchev–Trinajstić information content (AvgIpc) is 3.21. The predicted octanol–water partition coefficient (Wildman–Crippen LogP) is 6.02. The number of carbonyl (C=O) groups excluding carboxylic acids is 1. The Kier molecular flexibility index (Phi) is 6.53. The number of hydrogen-bond acceptors (Lipinski definition) is 5. The minimum absolute atomic E-state index is 0.0460. The van der Waals surface area contributed by atoms with Gasteiger partial charge in [0.25, 0.3) is 5.91 Å². The van der Waals surface area contributed by atoms with Crippen molar-refractivity contribution in [3.8, 4) is 11.3 Å². The second-order valence-electron chi connectivity index (χ2n) is 8.84. The molecule has 36 heavy (non-hydrogen) atoms. The van der Waals surface area contributed by atoms with E-state index in [4.69, 9.17) is 11.6 Å². The highest BCUT2D eigenvalue weighted by atomic mass is 35.5. The minimum Gasteiger partial charge on any atom is -0.363 e. The first-order valence-electron chi connectivity index (χ1n) is 11.7. The average molecular weight is 508 g/mol. The van der Waals surface area contributed by atoms with Crippen molar-refractivity contribution in [3.63, 3.8) is 0 Å². The zero-order valence-electron chi connectivity index (χ0n) is 19.8. The summed E-state index contributed by atoms with van der Waals surface area (Å²) in [7, 11) is 0. The summed E-state index contributed by atoms with van der Waals surface area (Å²) in [6, 6.07) is 6.26. The molecule has 5 rings (SSSR count). The number of carbonyl (C=O) groups is 1. The number of rotatable bonds is 6. The van der Waals surface area contributed by atoms with Gasteiger partial charge in [-0.1, -0.05) is 11.6 Å². The van der Waals surface area contributed by atoms with Crippen molar-refractivity contribution < 1.29 is 13.6 Å². The van der Waals surface area contributed by atoms with Gasteiger partial charge in [0.05, 0.1) is 17.3 Å². The van der Waals surface area contributed by atoms with Crippen LogP contribution >= 0.6 is 11.6 Å². The molecule has 0 saturated heterocycles. The number of allylic oxidation sites excluding steroid dienone is 3. The topological polar surface area (TPSA) is 71.0 Å². The molecule has 3 aromatic heterocycles. The standard InChI is InChI=1S/C27H24ClF2N5O/c1-3-35-14-22-19(27(35)36)5-7-33-26(22)34-15(2)20-10-24(30)21(11-23(20)29)16-4-6-32-25(9-16)17-8-18(28)13-31-12-17/h4-9,11-13,15,24H,3,10,14H2,1-2H3,(H,33,34)/t15-,24?/m0/s1.